The molecule has 8 heteroatoms. The van der Waals surface area contributed by atoms with Crippen LogP contribution in [0.3, 0.4) is 0 Å². The summed E-state index contributed by atoms with van der Waals surface area (Å²) in [7, 11) is -1.53. The lowest BCUT2D eigenvalue weighted by molar-refractivity contribution is 0.251. The molecule has 1 aromatic heterocycles. The van der Waals surface area contributed by atoms with Gasteiger partial charge in [0.1, 0.15) is 0 Å². The Kier molecular flexibility index (Phi) is 4.74. The summed E-state index contributed by atoms with van der Waals surface area (Å²) in [5.41, 5.74) is 2.82. The van der Waals surface area contributed by atoms with E-state index in [-0.39, 0.29) is 4.90 Å². The van der Waals surface area contributed by atoms with E-state index in [1.807, 2.05) is 13.0 Å². The molecule has 0 aliphatic rings. The smallest absolute Gasteiger partial charge is 0.319 e. The first-order chi connectivity index (χ1) is 10.7. The fourth-order valence-electron chi connectivity index (χ4n) is 2.25. The first-order valence-electron chi connectivity index (χ1n) is 7.02. The van der Waals surface area contributed by atoms with Crippen LogP contribution in [0.4, 0.5) is 10.5 Å². The molecule has 0 bridgehead atoms. The van der Waals surface area contributed by atoms with Crippen molar-refractivity contribution in [2.45, 2.75) is 25.3 Å². The van der Waals surface area contributed by atoms with Crippen LogP contribution in [0.2, 0.25) is 0 Å². The van der Waals surface area contributed by atoms with Gasteiger partial charge in [-0.3, -0.25) is 4.68 Å². The van der Waals surface area contributed by atoms with E-state index in [1.54, 1.807) is 30.8 Å². The quantitative estimate of drug-likeness (QED) is 0.890. The van der Waals surface area contributed by atoms with Crippen molar-refractivity contribution < 1.29 is 13.2 Å². The Morgan fingerprint density at radius 2 is 1.96 bits per heavy atom. The van der Waals surface area contributed by atoms with Crippen molar-refractivity contribution in [1.29, 1.82) is 0 Å². The van der Waals surface area contributed by atoms with Gasteiger partial charge in [-0.25, -0.2) is 13.2 Å². The third kappa shape index (κ3) is 4.32. The largest absolute Gasteiger partial charge is 0.332 e. The van der Waals surface area contributed by atoms with Crippen LogP contribution in [0, 0.1) is 13.8 Å². The number of amides is 2. The molecule has 0 aliphatic carbocycles. The number of aromatic nitrogens is 2. The molecule has 1 heterocycles. The molecule has 0 fully saturated rings. The van der Waals surface area contributed by atoms with Crippen LogP contribution >= 0.6 is 0 Å². The maximum absolute atomic E-state index is 11.9. The Hall–Kier alpha value is -2.35. The van der Waals surface area contributed by atoms with Crippen molar-refractivity contribution in [3.63, 3.8) is 0 Å². The van der Waals surface area contributed by atoms with Crippen LogP contribution in [0.5, 0.6) is 0 Å². The predicted molar refractivity (Wildman–Crippen MR) is 88.1 cm³/mol. The molecule has 7 nitrogen and oxygen atoms in total. The van der Waals surface area contributed by atoms with Gasteiger partial charge >= 0.3 is 6.03 Å². The zero-order valence-corrected chi connectivity index (χ0v) is 14.4. The molecule has 1 aromatic carbocycles. The SMILES string of the molecule is Cc1cc(CNC(=O)Nc2ccc(C)c(S(C)(=O)=O)c2)n(C)n1. The van der Waals surface area contributed by atoms with Gasteiger partial charge in [0.15, 0.2) is 9.84 Å². The minimum atomic E-state index is -3.33. The first-order valence-corrected chi connectivity index (χ1v) is 8.91. The van der Waals surface area contributed by atoms with E-state index in [2.05, 4.69) is 15.7 Å². The van der Waals surface area contributed by atoms with Gasteiger partial charge in [0, 0.05) is 19.0 Å². The second kappa shape index (κ2) is 6.41. The van der Waals surface area contributed by atoms with Crippen molar-refractivity contribution in [3.8, 4) is 0 Å². The summed E-state index contributed by atoms with van der Waals surface area (Å²) in [5.74, 6) is 0. The molecule has 0 aliphatic heterocycles. The number of rotatable bonds is 4. The number of urea groups is 1. The lowest BCUT2D eigenvalue weighted by atomic mass is 10.2. The van der Waals surface area contributed by atoms with Crippen LogP contribution in [0.15, 0.2) is 29.2 Å². The minimum absolute atomic E-state index is 0.206. The second-order valence-corrected chi connectivity index (χ2v) is 7.44. The molecule has 2 rings (SSSR count). The molecule has 2 amide bonds. The highest BCUT2D eigenvalue weighted by atomic mass is 32.2. The van der Waals surface area contributed by atoms with Gasteiger partial charge in [-0.1, -0.05) is 6.07 Å². The number of carbonyl (C=O) groups excluding carboxylic acids is 1. The molecule has 0 atom stereocenters. The van der Waals surface area contributed by atoms with Crippen LogP contribution in [-0.4, -0.2) is 30.5 Å². The molecule has 124 valence electrons. The number of sulfone groups is 1. The number of anilines is 1. The van der Waals surface area contributed by atoms with Gasteiger partial charge in [0.25, 0.3) is 0 Å². The van der Waals surface area contributed by atoms with Crippen LogP contribution in [-0.2, 0) is 23.4 Å². The zero-order valence-electron chi connectivity index (χ0n) is 13.5. The van der Waals surface area contributed by atoms with E-state index in [0.29, 0.717) is 17.8 Å². The number of hydrogen-bond donors (Lipinski definition) is 2. The van der Waals surface area contributed by atoms with E-state index >= 15 is 0 Å². The fraction of sp³-hybridized carbons (Fsp3) is 0.333. The van der Waals surface area contributed by atoms with E-state index in [9.17, 15) is 13.2 Å². The average Bonchev–Trinajstić information content (AvgIpc) is 2.75. The van der Waals surface area contributed by atoms with Gasteiger partial charge < -0.3 is 10.6 Å². The van der Waals surface area contributed by atoms with E-state index in [0.717, 1.165) is 17.6 Å². The Morgan fingerprint density at radius 1 is 1.26 bits per heavy atom. The third-order valence-electron chi connectivity index (χ3n) is 3.37. The highest BCUT2D eigenvalue weighted by Crippen LogP contribution is 2.20. The van der Waals surface area contributed by atoms with Gasteiger partial charge in [0.2, 0.25) is 0 Å². The highest BCUT2D eigenvalue weighted by Gasteiger charge is 2.12. The minimum Gasteiger partial charge on any atom is -0.332 e. The summed E-state index contributed by atoms with van der Waals surface area (Å²) in [6.07, 6.45) is 1.14. The topological polar surface area (TPSA) is 93.1 Å². The molecule has 23 heavy (non-hydrogen) atoms. The van der Waals surface area contributed by atoms with E-state index in [1.165, 1.54) is 6.07 Å². The summed E-state index contributed by atoms with van der Waals surface area (Å²) in [4.78, 5) is 12.2. The van der Waals surface area contributed by atoms with Crippen molar-refractivity contribution >= 4 is 21.6 Å². The van der Waals surface area contributed by atoms with Crippen LogP contribution < -0.4 is 10.6 Å². The van der Waals surface area contributed by atoms with Crippen molar-refractivity contribution in [3.05, 3.63) is 41.2 Å². The monoisotopic (exact) mass is 336 g/mol. The van der Waals surface area contributed by atoms with Gasteiger partial charge in [0.05, 0.1) is 22.8 Å². The van der Waals surface area contributed by atoms with Gasteiger partial charge in [-0.15, -0.1) is 0 Å². The molecular formula is C15H20N4O3S. The summed E-state index contributed by atoms with van der Waals surface area (Å²) in [5, 5.41) is 9.55. The van der Waals surface area contributed by atoms with Crippen LogP contribution in [0.1, 0.15) is 17.0 Å². The molecule has 0 unspecified atom stereocenters. The maximum atomic E-state index is 11.9. The van der Waals surface area contributed by atoms with Crippen LogP contribution in [0.25, 0.3) is 0 Å². The third-order valence-corrected chi connectivity index (χ3v) is 4.61. The number of benzene rings is 1. The Morgan fingerprint density at radius 3 is 2.52 bits per heavy atom. The molecule has 0 radical (unpaired) electrons. The van der Waals surface area contributed by atoms with E-state index in [4.69, 9.17) is 0 Å². The zero-order chi connectivity index (χ0) is 17.2. The number of nitrogens with one attached hydrogen (secondary N) is 2. The summed E-state index contributed by atoms with van der Waals surface area (Å²) in [6.45, 7) is 3.92. The van der Waals surface area contributed by atoms with Crippen molar-refractivity contribution in [2.24, 2.45) is 7.05 Å². The summed E-state index contributed by atoms with van der Waals surface area (Å²) in [6, 6.07) is 6.26. The fourth-order valence-corrected chi connectivity index (χ4v) is 3.25. The summed E-state index contributed by atoms with van der Waals surface area (Å²) >= 11 is 0. The number of nitrogens with zero attached hydrogens (tertiary/aromatic N) is 2. The van der Waals surface area contributed by atoms with Gasteiger partial charge in [-0.2, -0.15) is 5.10 Å². The number of carbonyl (C=O) groups is 1. The molecular weight excluding hydrogens is 316 g/mol. The molecule has 2 N–H and O–H groups in total. The normalized spacial score (nSPS) is 11.3. The molecule has 0 saturated carbocycles. The molecule has 0 saturated heterocycles. The summed E-state index contributed by atoms with van der Waals surface area (Å²) < 4.78 is 25.1. The average molecular weight is 336 g/mol. The highest BCUT2D eigenvalue weighted by molar-refractivity contribution is 7.90. The van der Waals surface area contributed by atoms with Gasteiger partial charge in [-0.05, 0) is 37.6 Å². The van der Waals surface area contributed by atoms with Crippen molar-refractivity contribution in [2.75, 3.05) is 11.6 Å². The Labute approximate surface area is 135 Å². The first kappa shape index (κ1) is 17.0. The van der Waals surface area contributed by atoms with E-state index < -0.39 is 15.9 Å². The predicted octanol–water partition coefficient (Wildman–Crippen LogP) is 1.76. The molecule has 0 spiro atoms. The lowest BCUT2D eigenvalue weighted by Gasteiger charge is -2.10. The number of aryl methyl sites for hydroxylation is 3. The Bertz CT molecular complexity index is 840. The van der Waals surface area contributed by atoms with Crippen molar-refractivity contribution in [1.82, 2.24) is 15.1 Å². The number of hydrogen-bond acceptors (Lipinski definition) is 4. The lowest BCUT2D eigenvalue weighted by Crippen LogP contribution is -2.29. The Balaban J connectivity index is 2.05. The second-order valence-electron chi connectivity index (χ2n) is 5.46. The standard InChI is InChI=1S/C15H20N4O3S/c1-10-5-6-12(8-14(10)23(4,21)22)17-15(20)16-9-13-7-11(2)18-19(13)3/h5-8H,9H2,1-4H3,(H2,16,17,20). The molecule has 2 aromatic rings. The maximum Gasteiger partial charge on any atom is 0.319 e.